The van der Waals surface area contributed by atoms with Crippen molar-refractivity contribution in [3.05, 3.63) is 59.6 Å². The summed E-state index contributed by atoms with van der Waals surface area (Å²) in [6.45, 7) is 3.42. The van der Waals surface area contributed by atoms with Gasteiger partial charge in [0.05, 0.1) is 0 Å². The molecule has 2 aromatic heterocycles. The number of rotatable bonds is 5. The molecule has 3 rings (SSSR count). The van der Waals surface area contributed by atoms with Crippen molar-refractivity contribution in [2.24, 2.45) is 0 Å². The highest BCUT2D eigenvalue weighted by Crippen LogP contribution is 2.24. The molecule has 0 atom stereocenters. The average molecular weight is 337 g/mol. The monoisotopic (exact) mass is 337 g/mol. The van der Waals surface area contributed by atoms with Gasteiger partial charge in [0.15, 0.2) is 0 Å². The summed E-state index contributed by atoms with van der Waals surface area (Å²) in [5, 5.41) is 12.7. The van der Waals surface area contributed by atoms with E-state index in [1.807, 2.05) is 19.1 Å². The minimum absolute atomic E-state index is 0.115. The molecule has 126 valence electrons. The molecule has 0 spiro atoms. The second-order valence-corrected chi connectivity index (χ2v) is 5.39. The fourth-order valence-electron chi connectivity index (χ4n) is 2.02. The topological polar surface area (TPSA) is 98.3 Å². The number of carboxylic acid groups (broad SMARTS) is 1. The van der Waals surface area contributed by atoms with Crippen molar-refractivity contribution in [1.82, 2.24) is 15.1 Å². The standard InChI is InChI=1S/C18H15N3O4/c1-11-7-8-19-15(9-11)24-14-5-3-13(4-6-14)17-20-16(25-21-17)10-12(2)18(22)23/h3-10H,1-2H3,(H,22,23). The van der Waals surface area contributed by atoms with E-state index in [-0.39, 0.29) is 11.5 Å². The highest BCUT2D eigenvalue weighted by atomic mass is 16.5. The lowest BCUT2D eigenvalue weighted by Gasteiger charge is -2.05. The first-order valence-corrected chi connectivity index (χ1v) is 7.47. The van der Waals surface area contributed by atoms with Crippen LogP contribution in [0.2, 0.25) is 0 Å². The average Bonchev–Trinajstić information content (AvgIpc) is 3.04. The summed E-state index contributed by atoms with van der Waals surface area (Å²) in [6.07, 6.45) is 3.01. The second-order valence-electron chi connectivity index (χ2n) is 5.39. The van der Waals surface area contributed by atoms with Crippen LogP contribution in [0, 0.1) is 6.92 Å². The number of aromatic nitrogens is 3. The van der Waals surface area contributed by atoms with E-state index in [9.17, 15) is 4.79 Å². The molecule has 0 aliphatic rings. The van der Waals surface area contributed by atoms with Crippen molar-refractivity contribution in [3.8, 4) is 23.0 Å². The number of nitrogens with zero attached hydrogens (tertiary/aromatic N) is 3. The molecule has 0 aliphatic heterocycles. The largest absolute Gasteiger partial charge is 0.478 e. The zero-order valence-corrected chi connectivity index (χ0v) is 13.6. The van der Waals surface area contributed by atoms with Crippen LogP contribution in [0.15, 0.2) is 52.7 Å². The number of benzene rings is 1. The number of ether oxygens (including phenoxy) is 1. The third-order valence-electron chi connectivity index (χ3n) is 3.34. The van der Waals surface area contributed by atoms with E-state index in [0.29, 0.717) is 17.5 Å². The van der Waals surface area contributed by atoms with Gasteiger partial charge in [-0.1, -0.05) is 5.16 Å². The third kappa shape index (κ3) is 4.08. The summed E-state index contributed by atoms with van der Waals surface area (Å²) in [5.41, 5.74) is 1.90. The van der Waals surface area contributed by atoms with E-state index in [0.717, 1.165) is 11.1 Å². The van der Waals surface area contributed by atoms with E-state index in [1.165, 1.54) is 13.0 Å². The Balaban J connectivity index is 1.75. The van der Waals surface area contributed by atoms with Crippen LogP contribution in [0.5, 0.6) is 11.6 Å². The number of hydrogen-bond donors (Lipinski definition) is 1. The zero-order chi connectivity index (χ0) is 17.8. The van der Waals surface area contributed by atoms with Gasteiger partial charge in [0.1, 0.15) is 5.75 Å². The van der Waals surface area contributed by atoms with Crippen molar-refractivity contribution >= 4 is 12.0 Å². The Morgan fingerprint density at radius 2 is 2.00 bits per heavy atom. The van der Waals surface area contributed by atoms with Crippen molar-refractivity contribution in [2.75, 3.05) is 0 Å². The van der Waals surface area contributed by atoms with Gasteiger partial charge in [-0.15, -0.1) is 0 Å². The summed E-state index contributed by atoms with van der Waals surface area (Å²) in [7, 11) is 0. The molecule has 7 nitrogen and oxygen atoms in total. The normalized spacial score (nSPS) is 11.4. The first-order valence-electron chi connectivity index (χ1n) is 7.47. The Kier molecular flexibility index (Phi) is 4.56. The number of pyridine rings is 1. The fourth-order valence-corrected chi connectivity index (χ4v) is 2.02. The van der Waals surface area contributed by atoms with Crippen molar-refractivity contribution in [3.63, 3.8) is 0 Å². The predicted molar refractivity (Wildman–Crippen MR) is 90.1 cm³/mol. The molecule has 0 bridgehead atoms. The maximum Gasteiger partial charge on any atom is 0.331 e. The van der Waals surface area contributed by atoms with Crippen molar-refractivity contribution in [2.45, 2.75) is 13.8 Å². The number of aliphatic carboxylic acids is 1. The van der Waals surface area contributed by atoms with Gasteiger partial charge in [0.2, 0.25) is 11.7 Å². The van der Waals surface area contributed by atoms with E-state index in [2.05, 4.69) is 15.1 Å². The highest BCUT2D eigenvalue weighted by Gasteiger charge is 2.09. The molecule has 0 fully saturated rings. The van der Waals surface area contributed by atoms with Gasteiger partial charge in [-0.3, -0.25) is 0 Å². The molecule has 7 heteroatoms. The molecule has 0 saturated carbocycles. The third-order valence-corrected chi connectivity index (χ3v) is 3.34. The van der Waals surface area contributed by atoms with E-state index in [4.69, 9.17) is 14.4 Å². The Hall–Kier alpha value is -3.48. The maximum atomic E-state index is 10.8. The molecule has 25 heavy (non-hydrogen) atoms. The Bertz CT molecular complexity index is 930. The Labute approximate surface area is 143 Å². The van der Waals surface area contributed by atoms with Gasteiger partial charge < -0.3 is 14.4 Å². The number of carboxylic acids is 1. The van der Waals surface area contributed by atoms with Gasteiger partial charge in [-0.05, 0) is 49.7 Å². The molecule has 3 aromatic rings. The van der Waals surface area contributed by atoms with Crippen molar-refractivity contribution < 1.29 is 19.2 Å². The Morgan fingerprint density at radius 1 is 1.24 bits per heavy atom. The summed E-state index contributed by atoms with van der Waals surface area (Å²) in [4.78, 5) is 19.1. The van der Waals surface area contributed by atoms with E-state index < -0.39 is 5.97 Å². The van der Waals surface area contributed by atoms with Crippen LogP contribution < -0.4 is 4.74 Å². The van der Waals surface area contributed by atoms with Crippen LogP contribution in [0.1, 0.15) is 18.4 Å². The van der Waals surface area contributed by atoms with Gasteiger partial charge in [-0.2, -0.15) is 4.98 Å². The first kappa shape index (κ1) is 16.4. The smallest absolute Gasteiger partial charge is 0.331 e. The molecule has 0 aliphatic carbocycles. The minimum atomic E-state index is -1.04. The molecular weight excluding hydrogens is 322 g/mol. The lowest BCUT2D eigenvalue weighted by atomic mass is 10.2. The van der Waals surface area contributed by atoms with Gasteiger partial charge in [-0.25, -0.2) is 9.78 Å². The van der Waals surface area contributed by atoms with E-state index in [1.54, 1.807) is 30.5 Å². The molecular formula is C18H15N3O4. The Morgan fingerprint density at radius 3 is 2.68 bits per heavy atom. The van der Waals surface area contributed by atoms with Gasteiger partial charge in [0, 0.05) is 29.5 Å². The molecule has 0 saturated heterocycles. The number of hydrogen-bond acceptors (Lipinski definition) is 6. The van der Waals surface area contributed by atoms with Crippen LogP contribution >= 0.6 is 0 Å². The zero-order valence-electron chi connectivity index (χ0n) is 13.6. The summed E-state index contributed by atoms with van der Waals surface area (Å²) >= 11 is 0. The minimum Gasteiger partial charge on any atom is -0.478 e. The van der Waals surface area contributed by atoms with Crippen LogP contribution in [-0.2, 0) is 4.79 Å². The van der Waals surface area contributed by atoms with Crippen molar-refractivity contribution in [1.29, 1.82) is 0 Å². The first-order chi connectivity index (χ1) is 12.0. The lowest BCUT2D eigenvalue weighted by Crippen LogP contribution is -1.95. The van der Waals surface area contributed by atoms with Gasteiger partial charge >= 0.3 is 5.97 Å². The molecule has 0 amide bonds. The molecule has 1 N–H and O–H groups in total. The summed E-state index contributed by atoms with van der Waals surface area (Å²) in [5.74, 6) is 0.617. The second kappa shape index (κ2) is 6.96. The lowest BCUT2D eigenvalue weighted by molar-refractivity contribution is -0.132. The maximum absolute atomic E-state index is 10.8. The van der Waals surface area contributed by atoms with Gasteiger partial charge in [0.25, 0.3) is 5.89 Å². The molecule has 2 heterocycles. The molecule has 0 unspecified atom stereocenters. The predicted octanol–water partition coefficient (Wildman–Crippen LogP) is 3.72. The summed E-state index contributed by atoms with van der Waals surface area (Å²) < 4.78 is 10.7. The SMILES string of the molecule is CC(=Cc1nc(-c2ccc(Oc3cc(C)ccn3)cc2)no1)C(=O)O. The van der Waals surface area contributed by atoms with Crippen LogP contribution in [0.3, 0.4) is 0 Å². The van der Waals surface area contributed by atoms with Crippen LogP contribution in [-0.4, -0.2) is 26.2 Å². The van der Waals surface area contributed by atoms with E-state index >= 15 is 0 Å². The highest BCUT2D eigenvalue weighted by molar-refractivity contribution is 5.90. The van der Waals surface area contributed by atoms with Crippen LogP contribution in [0.4, 0.5) is 0 Å². The fraction of sp³-hybridized carbons (Fsp3) is 0.111. The quantitative estimate of drug-likeness (QED) is 0.708. The summed E-state index contributed by atoms with van der Waals surface area (Å²) in [6, 6.07) is 10.9. The van der Waals surface area contributed by atoms with Crippen LogP contribution in [0.25, 0.3) is 17.5 Å². The molecule has 0 radical (unpaired) electrons. The number of carbonyl (C=O) groups is 1. The molecule has 1 aromatic carbocycles. The number of aryl methyl sites for hydroxylation is 1.